The Bertz CT molecular complexity index is 552. The van der Waals surface area contributed by atoms with E-state index in [1.165, 1.54) is 5.56 Å². The molecule has 0 N–H and O–H groups in total. The second kappa shape index (κ2) is 8.83. The molecule has 0 amide bonds. The van der Waals surface area contributed by atoms with Crippen molar-refractivity contribution < 1.29 is 9.35 Å². The van der Waals surface area contributed by atoms with Gasteiger partial charge in [0, 0.05) is 22.8 Å². The molecule has 1 rings (SSSR count). The molecule has 1 atom stereocenters. The Hall–Kier alpha value is -1.11. The van der Waals surface area contributed by atoms with Gasteiger partial charge >= 0.3 is 0 Å². The minimum Gasteiger partial charge on any atom is -0.414 e. The van der Waals surface area contributed by atoms with Crippen molar-refractivity contribution in [3.8, 4) is 0 Å². The van der Waals surface area contributed by atoms with Crippen LogP contribution in [0.2, 0.25) is 18.1 Å². The number of rotatable bonds is 9. The van der Waals surface area contributed by atoms with Gasteiger partial charge in [-0.1, -0.05) is 57.3 Å². The lowest BCUT2D eigenvalue weighted by Gasteiger charge is -2.39. The molecule has 0 aliphatic heterocycles. The van der Waals surface area contributed by atoms with Crippen molar-refractivity contribution >= 4 is 25.9 Å². The van der Waals surface area contributed by atoms with Gasteiger partial charge in [-0.15, -0.1) is 0 Å². The van der Waals surface area contributed by atoms with Crippen molar-refractivity contribution in [1.29, 1.82) is 0 Å². The van der Waals surface area contributed by atoms with Crippen molar-refractivity contribution in [2.45, 2.75) is 64.3 Å². The van der Waals surface area contributed by atoms with Gasteiger partial charge in [0.2, 0.25) is 6.54 Å². The van der Waals surface area contributed by atoms with Crippen LogP contribution < -0.4 is 0 Å². The van der Waals surface area contributed by atoms with E-state index in [0.29, 0.717) is 12.8 Å². The van der Waals surface area contributed by atoms with Crippen molar-refractivity contribution in [2.75, 3.05) is 6.54 Å². The first kappa shape index (κ1) is 20.9. The smallest absolute Gasteiger partial charge is 0.204 e. The zero-order chi connectivity index (χ0) is 18.4. The van der Waals surface area contributed by atoms with E-state index in [0.717, 1.165) is 12.0 Å². The third kappa shape index (κ3) is 6.79. The number of benzene rings is 1. The van der Waals surface area contributed by atoms with E-state index >= 15 is 0 Å². The zero-order valence-electron chi connectivity index (χ0n) is 15.4. The molecule has 0 spiro atoms. The molecular weight excluding hydrogens is 338 g/mol. The van der Waals surface area contributed by atoms with E-state index in [1.807, 2.05) is 12.1 Å². The van der Waals surface area contributed by atoms with E-state index < -0.39 is 8.32 Å². The van der Waals surface area contributed by atoms with Crippen LogP contribution in [-0.2, 0) is 10.8 Å². The van der Waals surface area contributed by atoms with E-state index in [2.05, 4.69) is 46.0 Å². The molecule has 0 saturated heterocycles. The van der Waals surface area contributed by atoms with E-state index in [9.17, 15) is 10.1 Å². The molecule has 0 fully saturated rings. The fraction of sp³-hybridized carbons (Fsp3) is 0.611. The summed E-state index contributed by atoms with van der Waals surface area (Å²) in [4.78, 5) is 10.4. The Morgan fingerprint density at radius 2 is 1.88 bits per heavy atom. The quantitative estimate of drug-likeness (QED) is 0.266. The van der Waals surface area contributed by atoms with Gasteiger partial charge in [-0.25, -0.2) is 0 Å². The van der Waals surface area contributed by atoms with Crippen LogP contribution in [0.1, 0.15) is 44.7 Å². The molecule has 0 saturated carbocycles. The summed E-state index contributed by atoms with van der Waals surface area (Å²) < 4.78 is 6.53. The van der Waals surface area contributed by atoms with Crippen molar-refractivity contribution in [1.82, 2.24) is 0 Å². The summed E-state index contributed by atoms with van der Waals surface area (Å²) in [5, 5.41) is 12.4. The first-order valence-electron chi connectivity index (χ1n) is 8.39. The fourth-order valence-electron chi connectivity index (χ4n) is 2.24. The van der Waals surface area contributed by atoms with Crippen LogP contribution in [0.25, 0.3) is 0 Å². The molecule has 0 aromatic heterocycles. The number of thiocarbonyl (C=S) groups is 1. The first-order valence-corrected chi connectivity index (χ1v) is 11.8. The van der Waals surface area contributed by atoms with Crippen molar-refractivity contribution in [2.24, 2.45) is 0 Å². The molecule has 0 aliphatic carbocycles. The lowest BCUT2D eigenvalue weighted by Crippen LogP contribution is -2.44. The SMILES string of the molecule is CC(C)(C)[Si](C)(C)OC(CCC[N+](=O)[O-])Cc1ccc(C=S)cc1. The summed E-state index contributed by atoms with van der Waals surface area (Å²) in [6.07, 6.45) is 2.05. The van der Waals surface area contributed by atoms with Gasteiger partial charge in [0.05, 0.1) is 0 Å². The van der Waals surface area contributed by atoms with E-state index in [4.69, 9.17) is 16.6 Å². The summed E-state index contributed by atoms with van der Waals surface area (Å²) in [7, 11) is -1.91. The van der Waals surface area contributed by atoms with E-state index in [1.54, 1.807) is 5.37 Å². The zero-order valence-corrected chi connectivity index (χ0v) is 17.2. The van der Waals surface area contributed by atoms with Crippen molar-refractivity contribution in [3.63, 3.8) is 0 Å². The molecule has 1 aromatic carbocycles. The van der Waals surface area contributed by atoms with Crippen LogP contribution in [0.5, 0.6) is 0 Å². The minimum atomic E-state index is -1.91. The van der Waals surface area contributed by atoms with Crippen LogP contribution >= 0.6 is 12.2 Å². The number of hydrogen-bond acceptors (Lipinski definition) is 4. The minimum absolute atomic E-state index is 0.00120. The summed E-state index contributed by atoms with van der Waals surface area (Å²) in [6.45, 7) is 11.1. The summed E-state index contributed by atoms with van der Waals surface area (Å²) in [5.41, 5.74) is 2.20. The molecule has 4 nitrogen and oxygen atoms in total. The third-order valence-electron chi connectivity index (χ3n) is 4.71. The second-order valence-electron chi connectivity index (χ2n) is 7.76. The number of hydrogen-bond donors (Lipinski definition) is 0. The Balaban J connectivity index is 2.83. The number of nitrogens with zero attached hydrogens (tertiary/aromatic N) is 1. The monoisotopic (exact) mass is 367 g/mol. The largest absolute Gasteiger partial charge is 0.414 e. The van der Waals surface area contributed by atoms with Crippen LogP contribution in [0.4, 0.5) is 0 Å². The van der Waals surface area contributed by atoms with E-state index in [-0.39, 0.29) is 22.6 Å². The molecule has 0 radical (unpaired) electrons. The van der Waals surface area contributed by atoms with Gasteiger partial charge < -0.3 is 4.43 Å². The molecular formula is C18H29NO3SSi. The van der Waals surface area contributed by atoms with Gasteiger partial charge in [-0.3, -0.25) is 10.1 Å². The van der Waals surface area contributed by atoms with Crippen LogP contribution in [-0.4, -0.2) is 31.3 Å². The fourth-order valence-corrected chi connectivity index (χ4v) is 3.78. The third-order valence-corrected chi connectivity index (χ3v) is 9.52. The molecule has 1 unspecified atom stereocenters. The highest BCUT2D eigenvalue weighted by atomic mass is 32.1. The maximum Gasteiger partial charge on any atom is 0.204 e. The number of nitro groups is 1. The maximum absolute atomic E-state index is 10.6. The lowest BCUT2D eigenvalue weighted by molar-refractivity contribution is -0.480. The molecule has 0 heterocycles. The summed E-state index contributed by atoms with van der Waals surface area (Å²) in [6, 6.07) is 8.13. The van der Waals surface area contributed by atoms with Gasteiger partial charge in [0.15, 0.2) is 8.32 Å². The molecule has 6 heteroatoms. The Labute approximate surface area is 151 Å². The Morgan fingerprint density at radius 1 is 1.29 bits per heavy atom. The average molecular weight is 368 g/mol. The lowest BCUT2D eigenvalue weighted by atomic mass is 10.0. The highest BCUT2D eigenvalue weighted by Crippen LogP contribution is 2.38. The predicted molar refractivity (Wildman–Crippen MR) is 106 cm³/mol. The Morgan fingerprint density at radius 3 is 2.33 bits per heavy atom. The standard InChI is InChI=1S/C18H29NO3SSi/c1-18(2,3)24(4,5)22-17(7-6-12-19(20)21)13-15-8-10-16(14-23)11-9-15/h8-11,14,17H,6-7,12-13H2,1-5H3. The van der Waals surface area contributed by atoms with Crippen LogP contribution in [0.15, 0.2) is 24.3 Å². The highest BCUT2D eigenvalue weighted by molar-refractivity contribution is 7.79. The second-order valence-corrected chi connectivity index (χ2v) is 12.8. The van der Waals surface area contributed by atoms with Crippen LogP contribution in [0.3, 0.4) is 0 Å². The van der Waals surface area contributed by atoms with Gasteiger partial charge in [0.1, 0.15) is 0 Å². The molecule has 0 bridgehead atoms. The normalized spacial score (nSPS) is 13.5. The highest BCUT2D eigenvalue weighted by Gasteiger charge is 2.39. The summed E-state index contributed by atoms with van der Waals surface area (Å²) >= 11 is 4.94. The average Bonchev–Trinajstić information content (AvgIpc) is 2.46. The van der Waals surface area contributed by atoms with Crippen molar-refractivity contribution in [3.05, 3.63) is 45.5 Å². The summed E-state index contributed by atoms with van der Waals surface area (Å²) in [5.74, 6) is 0. The Kier molecular flexibility index (Phi) is 7.70. The first-order chi connectivity index (χ1) is 11.0. The molecule has 134 valence electrons. The topological polar surface area (TPSA) is 52.4 Å². The van der Waals surface area contributed by atoms with Gasteiger partial charge in [0.25, 0.3) is 0 Å². The van der Waals surface area contributed by atoms with Crippen LogP contribution in [0, 0.1) is 10.1 Å². The maximum atomic E-state index is 10.6. The molecule has 0 aliphatic rings. The molecule has 24 heavy (non-hydrogen) atoms. The van der Waals surface area contributed by atoms with Gasteiger partial charge in [-0.05, 0) is 42.1 Å². The molecule has 1 aromatic rings. The van der Waals surface area contributed by atoms with Gasteiger partial charge in [-0.2, -0.15) is 0 Å². The predicted octanol–water partition coefficient (Wildman–Crippen LogP) is 5.02.